The van der Waals surface area contributed by atoms with Crippen LogP contribution < -0.4 is 5.73 Å². The number of aryl methyl sites for hydroxylation is 3. The molecule has 1 heterocycles. The summed E-state index contributed by atoms with van der Waals surface area (Å²) in [4.78, 5) is 9.37. The Balaban J connectivity index is 1.98. The summed E-state index contributed by atoms with van der Waals surface area (Å²) in [6.07, 6.45) is 5.16. The van der Waals surface area contributed by atoms with Crippen LogP contribution in [0.3, 0.4) is 0 Å². The maximum Gasteiger partial charge on any atom is 0.159 e. The minimum absolute atomic E-state index is 0.587. The molecular formula is C17H20BrN3. The molecule has 1 atom stereocenters. The van der Waals surface area contributed by atoms with Crippen molar-refractivity contribution in [3.05, 3.63) is 45.2 Å². The van der Waals surface area contributed by atoms with Crippen LogP contribution in [0.1, 0.15) is 28.8 Å². The zero-order valence-electron chi connectivity index (χ0n) is 12.5. The fourth-order valence-electron chi connectivity index (χ4n) is 3.00. The summed E-state index contributed by atoms with van der Waals surface area (Å²) in [5.74, 6) is 1.42. The van der Waals surface area contributed by atoms with Gasteiger partial charge >= 0.3 is 0 Å². The molecule has 1 aromatic heterocycles. The van der Waals surface area contributed by atoms with Crippen LogP contribution in [0, 0.1) is 19.8 Å². The first kappa shape index (κ1) is 14.7. The molecule has 1 aliphatic rings. The Bertz CT molecular complexity index is 659. The molecule has 0 amide bonds. The van der Waals surface area contributed by atoms with Gasteiger partial charge in [0.15, 0.2) is 5.82 Å². The molecule has 110 valence electrons. The van der Waals surface area contributed by atoms with Gasteiger partial charge in [0.25, 0.3) is 0 Å². The van der Waals surface area contributed by atoms with Gasteiger partial charge in [-0.15, -0.1) is 0 Å². The van der Waals surface area contributed by atoms with Gasteiger partial charge < -0.3 is 5.73 Å². The summed E-state index contributed by atoms with van der Waals surface area (Å²) in [6, 6.07) is 4.29. The fourth-order valence-corrected chi connectivity index (χ4v) is 3.23. The molecule has 2 N–H and O–H groups in total. The molecule has 1 unspecified atom stereocenters. The second-order valence-electron chi connectivity index (χ2n) is 5.93. The van der Waals surface area contributed by atoms with E-state index in [1.165, 1.54) is 22.4 Å². The topological polar surface area (TPSA) is 51.8 Å². The number of fused-ring (bicyclic) bond motifs is 1. The van der Waals surface area contributed by atoms with Gasteiger partial charge in [-0.25, -0.2) is 9.97 Å². The van der Waals surface area contributed by atoms with Crippen molar-refractivity contribution in [2.75, 3.05) is 6.54 Å². The molecule has 3 rings (SSSR count). The molecular weight excluding hydrogens is 326 g/mol. The van der Waals surface area contributed by atoms with Crippen LogP contribution >= 0.6 is 15.9 Å². The highest BCUT2D eigenvalue weighted by Gasteiger charge is 2.20. The molecule has 3 nitrogen and oxygen atoms in total. The lowest BCUT2D eigenvalue weighted by atomic mass is 9.87. The van der Waals surface area contributed by atoms with Gasteiger partial charge in [0.05, 0.1) is 0 Å². The summed E-state index contributed by atoms with van der Waals surface area (Å²) in [5.41, 5.74) is 11.8. The van der Waals surface area contributed by atoms with E-state index in [1.54, 1.807) is 0 Å². The number of hydrogen-bond acceptors (Lipinski definition) is 3. The average molecular weight is 346 g/mol. The maximum absolute atomic E-state index is 5.78. The van der Waals surface area contributed by atoms with Gasteiger partial charge in [0, 0.05) is 21.9 Å². The molecule has 0 aliphatic heterocycles. The smallest absolute Gasteiger partial charge is 0.159 e. The molecule has 1 aliphatic carbocycles. The molecule has 1 aromatic carbocycles. The highest BCUT2D eigenvalue weighted by Crippen LogP contribution is 2.29. The number of benzene rings is 1. The molecule has 0 radical (unpaired) electrons. The van der Waals surface area contributed by atoms with E-state index in [9.17, 15) is 0 Å². The predicted molar refractivity (Wildman–Crippen MR) is 89.2 cm³/mol. The Kier molecular flexibility index (Phi) is 4.09. The van der Waals surface area contributed by atoms with Gasteiger partial charge in [-0.3, -0.25) is 0 Å². The molecule has 2 aromatic rings. The number of rotatable bonds is 2. The standard InChI is InChI=1S/C17H20BrN3/c1-10-5-13(6-11(2)16(10)18)17-20-9-14-7-12(8-19)3-4-15(14)21-17/h5-6,9,12H,3-4,7-8,19H2,1-2H3. The molecule has 0 saturated carbocycles. The van der Waals surface area contributed by atoms with Crippen molar-refractivity contribution in [2.24, 2.45) is 11.7 Å². The lowest BCUT2D eigenvalue weighted by Crippen LogP contribution is -2.23. The molecule has 4 heteroatoms. The van der Waals surface area contributed by atoms with Crippen molar-refractivity contribution in [2.45, 2.75) is 33.1 Å². The monoisotopic (exact) mass is 345 g/mol. The van der Waals surface area contributed by atoms with Crippen LogP contribution in [0.15, 0.2) is 22.8 Å². The van der Waals surface area contributed by atoms with Crippen molar-refractivity contribution in [3.8, 4) is 11.4 Å². The van der Waals surface area contributed by atoms with E-state index in [0.29, 0.717) is 5.92 Å². The van der Waals surface area contributed by atoms with E-state index < -0.39 is 0 Å². The van der Waals surface area contributed by atoms with Crippen LogP contribution in [-0.4, -0.2) is 16.5 Å². The Morgan fingerprint density at radius 2 is 2.00 bits per heavy atom. The minimum Gasteiger partial charge on any atom is -0.330 e. The van der Waals surface area contributed by atoms with E-state index in [0.717, 1.165) is 41.7 Å². The van der Waals surface area contributed by atoms with Gasteiger partial charge in [0.2, 0.25) is 0 Å². The molecule has 0 bridgehead atoms. The summed E-state index contributed by atoms with van der Waals surface area (Å²) in [5, 5.41) is 0. The summed E-state index contributed by atoms with van der Waals surface area (Å²) in [7, 11) is 0. The number of hydrogen-bond donors (Lipinski definition) is 1. The van der Waals surface area contributed by atoms with Crippen LogP contribution in [0.5, 0.6) is 0 Å². The van der Waals surface area contributed by atoms with Gasteiger partial charge in [-0.2, -0.15) is 0 Å². The van der Waals surface area contributed by atoms with Crippen LogP contribution in [0.25, 0.3) is 11.4 Å². The van der Waals surface area contributed by atoms with E-state index in [1.807, 2.05) is 6.20 Å². The lowest BCUT2D eigenvalue weighted by Gasteiger charge is -2.22. The Morgan fingerprint density at radius 1 is 1.29 bits per heavy atom. The van der Waals surface area contributed by atoms with Crippen molar-refractivity contribution < 1.29 is 0 Å². The molecule has 0 fully saturated rings. The first-order valence-corrected chi connectivity index (χ1v) is 8.19. The largest absolute Gasteiger partial charge is 0.330 e. The summed E-state index contributed by atoms with van der Waals surface area (Å²) in [6.45, 7) is 4.96. The SMILES string of the molecule is Cc1cc(-c2ncc3c(n2)CCC(CN)C3)cc(C)c1Br. The second-order valence-corrected chi connectivity index (χ2v) is 6.73. The van der Waals surface area contributed by atoms with Crippen molar-refractivity contribution >= 4 is 15.9 Å². The van der Waals surface area contributed by atoms with Gasteiger partial charge in [-0.1, -0.05) is 15.9 Å². The second kappa shape index (κ2) is 5.85. The number of nitrogens with zero attached hydrogens (tertiary/aromatic N) is 2. The minimum atomic E-state index is 0.587. The van der Waals surface area contributed by atoms with Crippen LogP contribution in [-0.2, 0) is 12.8 Å². The third-order valence-electron chi connectivity index (χ3n) is 4.28. The quantitative estimate of drug-likeness (QED) is 0.904. The number of nitrogens with two attached hydrogens (primary N) is 1. The fraction of sp³-hybridized carbons (Fsp3) is 0.412. The zero-order valence-corrected chi connectivity index (χ0v) is 14.1. The Morgan fingerprint density at radius 3 is 2.67 bits per heavy atom. The summed E-state index contributed by atoms with van der Waals surface area (Å²) < 4.78 is 1.16. The third-order valence-corrected chi connectivity index (χ3v) is 5.53. The summed E-state index contributed by atoms with van der Waals surface area (Å²) >= 11 is 3.61. The highest BCUT2D eigenvalue weighted by atomic mass is 79.9. The Hall–Kier alpha value is -1.26. The third kappa shape index (κ3) is 2.87. The van der Waals surface area contributed by atoms with Crippen molar-refractivity contribution in [1.29, 1.82) is 0 Å². The van der Waals surface area contributed by atoms with Gasteiger partial charge in [0.1, 0.15) is 0 Å². The van der Waals surface area contributed by atoms with Gasteiger partial charge in [-0.05, 0) is 74.4 Å². The maximum atomic E-state index is 5.78. The first-order chi connectivity index (χ1) is 10.1. The number of aromatic nitrogens is 2. The van der Waals surface area contributed by atoms with Crippen LogP contribution in [0.2, 0.25) is 0 Å². The normalized spacial score (nSPS) is 17.6. The highest BCUT2D eigenvalue weighted by molar-refractivity contribution is 9.10. The van der Waals surface area contributed by atoms with Crippen molar-refractivity contribution in [3.63, 3.8) is 0 Å². The average Bonchev–Trinajstić information content (AvgIpc) is 2.51. The zero-order chi connectivity index (χ0) is 15.0. The van der Waals surface area contributed by atoms with E-state index in [2.05, 4.69) is 46.9 Å². The predicted octanol–water partition coefficient (Wildman–Crippen LogP) is 3.59. The molecule has 0 spiro atoms. The van der Waals surface area contributed by atoms with Crippen molar-refractivity contribution in [1.82, 2.24) is 9.97 Å². The first-order valence-electron chi connectivity index (χ1n) is 7.40. The van der Waals surface area contributed by atoms with E-state index >= 15 is 0 Å². The Labute approximate surface area is 134 Å². The van der Waals surface area contributed by atoms with Crippen LogP contribution in [0.4, 0.5) is 0 Å². The lowest BCUT2D eigenvalue weighted by molar-refractivity contribution is 0.462. The molecule has 0 saturated heterocycles. The van der Waals surface area contributed by atoms with E-state index in [4.69, 9.17) is 10.7 Å². The van der Waals surface area contributed by atoms with E-state index in [-0.39, 0.29) is 0 Å². The number of halogens is 1. The molecule has 21 heavy (non-hydrogen) atoms.